The Kier molecular flexibility index (Phi) is 5.47. The molecule has 158 valence electrons. The van der Waals surface area contributed by atoms with Gasteiger partial charge >= 0.3 is 6.03 Å². The largest absolute Gasteiger partial charge is 0.323 e. The van der Waals surface area contributed by atoms with Crippen LogP contribution in [0, 0.1) is 0 Å². The summed E-state index contributed by atoms with van der Waals surface area (Å²) in [7, 11) is 0. The van der Waals surface area contributed by atoms with Crippen LogP contribution >= 0.6 is 0 Å². The van der Waals surface area contributed by atoms with Crippen molar-refractivity contribution in [2.45, 2.75) is 31.0 Å². The molecular formula is C27H29N3O. The molecular weight excluding hydrogens is 382 g/mol. The van der Waals surface area contributed by atoms with Crippen molar-refractivity contribution in [3.63, 3.8) is 0 Å². The van der Waals surface area contributed by atoms with Crippen LogP contribution in [0.4, 0.5) is 4.79 Å². The number of nitrogens with zero attached hydrogens (tertiary/aromatic N) is 2. The SMILES string of the molecule is O=C1NC(c2ccccc2)(c2ccccc2)CN1C1CCCN(Cc2ccccc2)C1. The van der Waals surface area contributed by atoms with E-state index in [9.17, 15) is 4.79 Å². The maximum Gasteiger partial charge on any atom is 0.318 e. The molecule has 1 atom stereocenters. The minimum absolute atomic E-state index is 0.0410. The quantitative estimate of drug-likeness (QED) is 0.665. The van der Waals surface area contributed by atoms with Gasteiger partial charge in [0.05, 0.1) is 6.54 Å². The second-order valence-electron chi connectivity index (χ2n) is 8.71. The highest BCUT2D eigenvalue weighted by molar-refractivity contribution is 5.80. The van der Waals surface area contributed by atoms with Gasteiger partial charge in [-0.3, -0.25) is 4.90 Å². The van der Waals surface area contributed by atoms with Crippen molar-refractivity contribution in [3.05, 3.63) is 108 Å². The van der Waals surface area contributed by atoms with E-state index in [1.54, 1.807) is 0 Å². The van der Waals surface area contributed by atoms with Crippen LogP contribution < -0.4 is 5.32 Å². The van der Waals surface area contributed by atoms with Gasteiger partial charge < -0.3 is 10.2 Å². The van der Waals surface area contributed by atoms with Crippen LogP contribution in [0.2, 0.25) is 0 Å². The number of piperidine rings is 1. The van der Waals surface area contributed by atoms with Gasteiger partial charge in [0.2, 0.25) is 0 Å². The van der Waals surface area contributed by atoms with Crippen molar-refractivity contribution in [2.75, 3.05) is 19.6 Å². The lowest BCUT2D eigenvalue weighted by molar-refractivity contribution is 0.118. The average molecular weight is 412 g/mol. The van der Waals surface area contributed by atoms with E-state index in [0.717, 1.165) is 43.6 Å². The number of hydrogen-bond donors (Lipinski definition) is 1. The third-order valence-corrected chi connectivity index (χ3v) is 6.69. The number of rotatable bonds is 5. The number of amides is 2. The highest BCUT2D eigenvalue weighted by Gasteiger charge is 2.47. The van der Waals surface area contributed by atoms with E-state index in [-0.39, 0.29) is 12.1 Å². The van der Waals surface area contributed by atoms with Crippen molar-refractivity contribution in [1.29, 1.82) is 0 Å². The molecule has 4 heteroatoms. The van der Waals surface area contributed by atoms with Gasteiger partial charge in [0.1, 0.15) is 5.54 Å². The number of benzene rings is 3. The molecule has 2 aliphatic rings. The molecule has 4 nitrogen and oxygen atoms in total. The van der Waals surface area contributed by atoms with E-state index in [2.05, 4.69) is 94.0 Å². The summed E-state index contributed by atoms with van der Waals surface area (Å²) in [6.45, 7) is 3.60. The van der Waals surface area contributed by atoms with Gasteiger partial charge in [-0.1, -0.05) is 91.0 Å². The first-order chi connectivity index (χ1) is 15.2. The fourth-order valence-corrected chi connectivity index (χ4v) is 5.13. The third kappa shape index (κ3) is 3.96. The Morgan fingerprint density at radius 2 is 1.42 bits per heavy atom. The molecule has 3 aromatic rings. The molecule has 2 aliphatic heterocycles. The van der Waals surface area contributed by atoms with E-state index < -0.39 is 5.54 Å². The van der Waals surface area contributed by atoms with Crippen LogP contribution in [0.1, 0.15) is 29.5 Å². The Balaban J connectivity index is 1.40. The number of hydrogen-bond acceptors (Lipinski definition) is 2. The maximum absolute atomic E-state index is 13.3. The molecule has 5 rings (SSSR count). The van der Waals surface area contributed by atoms with Gasteiger partial charge in [0, 0.05) is 19.1 Å². The number of likely N-dealkylation sites (tertiary alicyclic amines) is 1. The second-order valence-corrected chi connectivity index (χ2v) is 8.71. The minimum Gasteiger partial charge on any atom is -0.323 e. The fourth-order valence-electron chi connectivity index (χ4n) is 5.13. The average Bonchev–Trinajstić information content (AvgIpc) is 3.20. The maximum atomic E-state index is 13.3. The first kappa shape index (κ1) is 19.8. The number of nitrogens with one attached hydrogen (secondary N) is 1. The molecule has 0 bridgehead atoms. The summed E-state index contributed by atoms with van der Waals surface area (Å²) < 4.78 is 0. The Morgan fingerprint density at radius 3 is 2.03 bits per heavy atom. The van der Waals surface area contributed by atoms with Crippen LogP contribution in [0.5, 0.6) is 0 Å². The number of carbonyl (C=O) groups excluding carboxylic acids is 1. The van der Waals surface area contributed by atoms with Crippen molar-refractivity contribution in [3.8, 4) is 0 Å². The minimum atomic E-state index is -0.513. The summed E-state index contributed by atoms with van der Waals surface area (Å²) in [5.74, 6) is 0. The van der Waals surface area contributed by atoms with Crippen molar-refractivity contribution < 1.29 is 4.79 Å². The normalized spacial score (nSPS) is 21.1. The summed E-state index contributed by atoms with van der Waals surface area (Å²) in [5.41, 5.74) is 3.08. The smallest absolute Gasteiger partial charge is 0.318 e. The van der Waals surface area contributed by atoms with Crippen LogP contribution in [0.15, 0.2) is 91.0 Å². The van der Waals surface area contributed by atoms with Gasteiger partial charge in [-0.05, 0) is 36.1 Å². The van der Waals surface area contributed by atoms with Gasteiger partial charge in [-0.2, -0.15) is 0 Å². The standard InChI is InChI=1S/C27H29N3O/c31-26-28-27(23-13-6-2-7-14-23,24-15-8-3-9-16-24)21-30(26)25-17-10-18-29(20-25)19-22-11-4-1-5-12-22/h1-9,11-16,25H,10,17-21H2,(H,28,31). The molecule has 0 spiro atoms. The van der Waals surface area contributed by atoms with Crippen LogP contribution in [-0.2, 0) is 12.1 Å². The van der Waals surface area contributed by atoms with Gasteiger partial charge in [-0.25, -0.2) is 4.79 Å². The highest BCUT2D eigenvalue weighted by atomic mass is 16.2. The molecule has 2 amide bonds. The lowest BCUT2D eigenvalue weighted by Gasteiger charge is -2.38. The summed E-state index contributed by atoms with van der Waals surface area (Å²) in [6.07, 6.45) is 2.17. The van der Waals surface area contributed by atoms with Gasteiger partial charge in [0.25, 0.3) is 0 Å². The van der Waals surface area contributed by atoms with Crippen LogP contribution in [-0.4, -0.2) is 41.5 Å². The Labute approximate surface area is 184 Å². The van der Waals surface area contributed by atoms with Crippen LogP contribution in [0.25, 0.3) is 0 Å². The summed E-state index contributed by atoms with van der Waals surface area (Å²) in [5, 5.41) is 3.38. The molecule has 0 aliphatic carbocycles. The zero-order valence-electron chi connectivity index (χ0n) is 17.8. The first-order valence-electron chi connectivity index (χ1n) is 11.2. The molecule has 2 fully saturated rings. The Bertz CT molecular complexity index is 967. The van der Waals surface area contributed by atoms with Crippen molar-refractivity contribution in [1.82, 2.24) is 15.1 Å². The molecule has 2 saturated heterocycles. The van der Waals surface area contributed by atoms with E-state index in [4.69, 9.17) is 0 Å². The predicted octanol–water partition coefficient (Wildman–Crippen LogP) is 4.62. The Morgan fingerprint density at radius 1 is 0.839 bits per heavy atom. The molecule has 31 heavy (non-hydrogen) atoms. The highest BCUT2D eigenvalue weighted by Crippen LogP contribution is 2.36. The molecule has 1 unspecified atom stereocenters. The van der Waals surface area contributed by atoms with E-state index in [1.807, 2.05) is 12.1 Å². The fraction of sp³-hybridized carbons (Fsp3) is 0.296. The second kappa shape index (κ2) is 8.56. The van der Waals surface area contributed by atoms with E-state index >= 15 is 0 Å². The van der Waals surface area contributed by atoms with Gasteiger partial charge in [-0.15, -0.1) is 0 Å². The van der Waals surface area contributed by atoms with Crippen LogP contribution in [0.3, 0.4) is 0 Å². The zero-order chi connectivity index (χ0) is 21.1. The summed E-state index contributed by atoms with van der Waals surface area (Å²) >= 11 is 0. The predicted molar refractivity (Wildman–Crippen MR) is 124 cm³/mol. The lowest BCUT2D eigenvalue weighted by Crippen LogP contribution is -2.48. The molecule has 0 saturated carbocycles. The number of carbonyl (C=O) groups is 1. The molecule has 0 aromatic heterocycles. The number of urea groups is 1. The molecule has 3 aromatic carbocycles. The zero-order valence-corrected chi connectivity index (χ0v) is 17.8. The first-order valence-corrected chi connectivity index (χ1v) is 11.2. The van der Waals surface area contributed by atoms with Gasteiger partial charge in [0.15, 0.2) is 0 Å². The topological polar surface area (TPSA) is 35.6 Å². The molecule has 1 N–H and O–H groups in total. The monoisotopic (exact) mass is 411 g/mol. The van der Waals surface area contributed by atoms with Crippen molar-refractivity contribution in [2.24, 2.45) is 0 Å². The molecule has 0 radical (unpaired) electrons. The summed E-state index contributed by atoms with van der Waals surface area (Å²) in [4.78, 5) is 17.9. The summed E-state index contributed by atoms with van der Waals surface area (Å²) in [6, 6.07) is 31.6. The molecule has 2 heterocycles. The van der Waals surface area contributed by atoms with E-state index in [0.29, 0.717) is 6.54 Å². The lowest BCUT2D eigenvalue weighted by atomic mass is 9.83. The van der Waals surface area contributed by atoms with Crippen molar-refractivity contribution >= 4 is 6.03 Å². The third-order valence-electron chi connectivity index (χ3n) is 6.69. The Hall–Kier alpha value is -3.11. The van der Waals surface area contributed by atoms with E-state index in [1.165, 1.54) is 5.56 Å².